The van der Waals surface area contributed by atoms with Gasteiger partial charge < -0.3 is 9.64 Å². The first-order valence-electron chi connectivity index (χ1n) is 10.3. The fraction of sp³-hybridized carbons (Fsp3) is 0.364. The number of hydrogen-bond acceptors (Lipinski definition) is 7. The zero-order valence-electron chi connectivity index (χ0n) is 17.3. The number of ether oxygens (including phenoxy) is 1. The number of benzene rings is 2. The molecule has 0 radical (unpaired) electrons. The van der Waals surface area contributed by atoms with Crippen LogP contribution in [0.25, 0.3) is 0 Å². The van der Waals surface area contributed by atoms with Crippen molar-refractivity contribution in [2.24, 2.45) is 0 Å². The first-order chi connectivity index (χ1) is 15.0. The van der Waals surface area contributed by atoms with Gasteiger partial charge in [-0.2, -0.15) is 0 Å². The lowest BCUT2D eigenvalue weighted by Gasteiger charge is -2.38. The second-order valence-corrected chi connectivity index (χ2v) is 7.51. The maximum Gasteiger partial charge on any atom is 0.269 e. The molecule has 2 fully saturated rings. The van der Waals surface area contributed by atoms with Crippen LogP contribution in [0.2, 0.25) is 0 Å². The molecule has 162 valence electrons. The first kappa shape index (κ1) is 20.8. The number of nitro benzene ring substituents is 1. The third-order valence-corrected chi connectivity index (χ3v) is 5.71. The molecule has 0 saturated carbocycles. The van der Waals surface area contributed by atoms with Gasteiger partial charge in [-0.3, -0.25) is 24.6 Å². The summed E-state index contributed by atoms with van der Waals surface area (Å²) in [5.74, 6) is 0.305. The van der Waals surface area contributed by atoms with Gasteiger partial charge in [0.05, 0.1) is 29.7 Å². The third kappa shape index (κ3) is 4.22. The van der Waals surface area contributed by atoms with Gasteiger partial charge in [0.15, 0.2) is 0 Å². The van der Waals surface area contributed by atoms with Crippen molar-refractivity contribution in [2.75, 3.05) is 42.6 Å². The highest BCUT2D eigenvalue weighted by Crippen LogP contribution is 2.29. The Bertz CT molecular complexity index is 968. The van der Waals surface area contributed by atoms with Crippen molar-refractivity contribution in [1.82, 2.24) is 4.90 Å². The van der Waals surface area contributed by atoms with Crippen LogP contribution in [0, 0.1) is 10.1 Å². The summed E-state index contributed by atoms with van der Waals surface area (Å²) in [6, 6.07) is 13.0. The molecule has 2 aromatic carbocycles. The smallest absolute Gasteiger partial charge is 0.269 e. The lowest BCUT2D eigenvalue weighted by molar-refractivity contribution is -0.384. The quantitative estimate of drug-likeness (QED) is 0.399. The summed E-state index contributed by atoms with van der Waals surface area (Å²) < 4.78 is 5.42. The molecule has 2 heterocycles. The summed E-state index contributed by atoms with van der Waals surface area (Å²) in [6.07, 6.45) is 0.170. The number of piperazine rings is 1. The van der Waals surface area contributed by atoms with E-state index in [2.05, 4.69) is 9.80 Å². The fourth-order valence-electron chi connectivity index (χ4n) is 4.11. The van der Waals surface area contributed by atoms with Crippen LogP contribution in [0.5, 0.6) is 5.75 Å². The number of nitrogens with zero attached hydrogens (tertiary/aromatic N) is 4. The molecule has 2 aliphatic rings. The predicted molar refractivity (Wildman–Crippen MR) is 115 cm³/mol. The molecule has 2 aromatic rings. The molecule has 9 nitrogen and oxygen atoms in total. The van der Waals surface area contributed by atoms with Gasteiger partial charge in [-0.25, -0.2) is 4.90 Å². The molecule has 1 atom stereocenters. The maximum absolute atomic E-state index is 13.0. The van der Waals surface area contributed by atoms with Gasteiger partial charge in [0.25, 0.3) is 11.6 Å². The molecule has 2 amide bonds. The standard InChI is InChI=1S/C22H24N4O5/c1-2-31-19-9-7-17(8-10-19)25-21(27)15-20(22(25)28)24-13-11-23(12-14-24)16-3-5-18(6-4-16)26(29)30/h3-10,20H,2,11-15H2,1H3/t20-/m0/s1. The summed E-state index contributed by atoms with van der Waals surface area (Å²) in [5, 5.41) is 10.8. The average Bonchev–Trinajstić information content (AvgIpc) is 3.09. The van der Waals surface area contributed by atoms with E-state index in [1.807, 2.05) is 6.92 Å². The number of anilines is 2. The number of imide groups is 1. The SMILES string of the molecule is CCOc1ccc(N2C(=O)C[C@H](N3CCN(c4ccc([N+](=O)[O-])cc4)CC3)C2=O)cc1. The van der Waals surface area contributed by atoms with Crippen LogP contribution in [-0.2, 0) is 9.59 Å². The number of carbonyl (C=O) groups excluding carboxylic acids is 2. The van der Waals surface area contributed by atoms with Gasteiger partial charge in [0.1, 0.15) is 5.75 Å². The number of rotatable bonds is 6. The van der Waals surface area contributed by atoms with Crippen LogP contribution in [-0.4, -0.2) is 60.5 Å². The van der Waals surface area contributed by atoms with Crippen molar-refractivity contribution < 1.29 is 19.2 Å². The normalized spacial score (nSPS) is 19.7. The Kier molecular flexibility index (Phi) is 5.85. The molecule has 9 heteroatoms. The Hall–Kier alpha value is -3.46. The molecule has 0 bridgehead atoms. The van der Waals surface area contributed by atoms with Crippen LogP contribution in [0.4, 0.5) is 17.1 Å². The maximum atomic E-state index is 13.0. The minimum Gasteiger partial charge on any atom is -0.494 e. The fourth-order valence-corrected chi connectivity index (χ4v) is 4.11. The van der Waals surface area contributed by atoms with E-state index in [1.54, 1.807) is 36.4 Å². The highest BCUT2D eigenvalue weighted by molar-refractivity contribution is 6.22. The van der Waals surface area contributed by atoms with Crippen molar-refractivity contribution in [1.29, 1.82) is 0 Å². The van der Waals surface area contributed by atoms with E-state index in [9.17, 15) is 19.7 Å². The van der Waals surface area contributed by atoms with E-state index in [0.717, 1.165) is 5.69 Å². The Morgan fingerprint density at radius 1 is 0.968 bits per heavy atom. The molecule has 0 spiro atoms. The Labute approximate surface area is 179 Å². The third-order valence-electron chi connectivity index (χ3n) is 5.71. The lowest BCUT2D eigenvalue weighted by Crippen LogP contribution is -2.52. The Morgan fingerprint density at radius 2 is 1.58 bits per heavy atom. The van der Waals surface area contributed by atoms with Gasteiger partial charge in [0.2, 0.25) is 5.91 Å². The second kappa shape index (κ2) is 8.73. The van der Waals surface area contributed by atoms with Gasteiger partial charge in [0, 0.05) is 44.0 Å². The molecule has 2 saturated heterocycles. The van der Waals surface area contributed by atoms with E-state index < -0.39 is 11.0 Å². The van der Waals surface area contributed by atoms with Gasteiger partial charge in [-0.1, -0.05) is 0 Å². The van der Waals surface area contributed by atoms with Crippen molar-refractivity contribution in [2.45, 2.75) is 19.4 Å². The number of hydrogen-bond donors (Lipinski definition) is 0. The van der Waals surface area contributed by atoms with Gasteiger partial charge in [-0.05, 0) is 43.3 Å². The first-order valence-corrected chi connectivity index (χ1v) is 10.3. The minimum absolute atomic E-state index is 0.0619. The Morgan fingerprint density at radius 3 is 2.16 bits per heavy atom. The molecule has 4 rings (SSSR count). The number of carbonyl (C=O) groups is 2. The molecule has 2 aliphatic heterocycles. The zero-order valence-corrected chi connectivity index (χ0v) is 17.3. The molecule has 0 aliphatic carbocycles. The molecular formula is C22H24N4O5. The van der Waals surface area contributed by atoms with Crippen LogP contribution >= 0.6 is 0 Å². The molecule has 31 heavy (non-hydrogen) atoms. The molecule has 0 aromatic heterocycles. The van der Waals surface area contributed by atoms with Crippen molar-refractivity contribution in [3.05, 3.63) is 58.6 Å². The summed E-state index contributed by atoms with van der Waals surface area (Å²) in [6.45, 7) is 5.08. The topological polar surface area (TPSA) is 96.2 Å². The van der Waals surface area contributed by atoms with Crippen molar-refractivity contribution in [3.8, 4) is 5.75 Å². The van der Waals surface area contributed by atoms with Crippen LogP contribution < -0.4 is 14.5 Å². The molecule has 0 N–H and O–H groups in total. The second-order valence-electron chi connectivity index (χ2n) is 7.51. The van der Waals surface area contributed by atoms with E-state index in [0.29, 0.717) is 44.2 Å². The van der Waals surface area contributed by atoms with Crippen molar-refractivity contribution in [3.63, 3.8) is 0 Å². The van der Waals surface area contributed by atoms with Crippen LogP contribution in [0.15, 0.2) is 48.5 Å². The number of non-ortho nitro benzene ring substituents is 1. The van der Waals surface area contributed by atoms with Crippen LogP contribution in [0.1, 0.15) is 13.3 Å². The summed E-state index contributed by atoms with van der Waals surface area (Å²) in [4.78, 5) is 41.5. The number of nitro groups is 1. The minimum atomic E-state index is -0.460. The van der Waals surface area contributed by atoms with E-state index in [1.165, 1.54) is 17.0 Å². The zero-order chi connectivity index (χ0) is 22.0. The highest BCUT2D eigenvalue weighted by atomic mass is 16.6. The largest absolute Gasteiger partial charge is 0.494 e. The van der Waals surface area contributed by atoms with E-state index in [-0.39, 0.29) is 23.9 Å². The molecular weight excluding hydrogens is 400 g/mol. The van der Waals surface area contributed by atoms with E-state index in [4.69, 9.17) is 4.74 Å². The molecule has 0 unspecified atom stereocenters. The van der Waals surface area contributed by atoms with Gasteiger partial charge in [-0.15, -0.1) is 0 Å². The average molecular weight is 424 g/mol. The highest BCUT2D eigenvalue weighted by Gasteiger charge is 2.43. The monoisotopic (exact) mass is 424 g/mol. The number of amides is 2. The summed E-state index contributed by atoms with van der Waals surface area (Å²) in [5.41, 5.74) is 1.53. The van der Waals surface area contributed by atoms with Crippen molar-refractivity contribution >= 4 is 28.9 Å². The predicted octanol–water partition coefficient (Wildman–Crippen LogP) is 2.45. The lowest BCUT2D eigenvalue weighted by atomic mass is 10.1. The van der Waals surface area contributed by atoms with Crippen LogP contribution in [0.3, 0.4) is 0 Å². The summed E-state index contributed by atoms with van der Waals surface area (Å²) in [7, 11) is 0. The summed E-state index contributed by atoms with van der Waals surface area (Å²) >= 11 is 0. The van der Waals surface area contributed by atoms with E-state index >= 15 is 0 Å². The Balaban J connectivity index is 1.39. The van der Waals surface area contributed by atoms with Gasteiger partial charge >= 0.3 is 0 Å².